The SMILES string of the molecule is COc1ccccc1/C=C/C(=O)OCC(=O)c1ccc(Cl)cc1Cl. The molecule has 0 aliphatic heterocycles. The fraction of sp³-hybridized carbons (Fsp3) is 0.111. The summed E-state index contributed by atoms with van der Waals surface area (Å²) in [4.78, 5) is 23.7. The first kappa shape index (κ1) is 18.0. The Labute approximate surface area is 149 Å². The monoisotopic (exact) mass is 364 g/mol. The molecule has 0 radical (unpaired) electrons. The van der Waals surface area contributed by atoms with Crippen LogP contribution in [-0.4, -0.2) is 25.5 Å². The third-order valence-corrected chi connectivity index (χ3v) is 3.66. The van der Waals surface area contributed by atoms with E-state index in [1.54, 1.807) is 31.4 Å². The van der Waals surface area contributed by atoms with Crippen molar-refractivity contribution in [1.82, 2.24) is 0 Å². The predicted octanol–water partition coefficient (Wildman–Crippen LogP) is 4.44. The highest BCUT2D eigenvalue weighted by Gasteiger charge is 2.12. The molecule has 2 aromatic carbocycles. The zero-order chi connectivity index (χ0) is 17.5. The normalized spacial score (nSPS) is 10.6. The molecule has 4 nitrogen and oxygen atoms in total. The molecule has 2 rings (SSSR count). The lowest BCUT2D eigenvalue weighted by Gasteiger charge is -2.05. The molecule has 124 valence electrons. The van der Waals surface area contributed by atoms with Crippen LogP contribution < -0.4 is 4.74 Å². The zero-order valence-corrected chi connectivity index (χ0v) is 14.3. The van der Waals surface area contributed by atoms with Gasteiger partial charge in [-0.1, -0.05) is 41.4 Å². The summed E-state index contributed by atoms with van der Waals surface area (Å²) in [6.07, 6.45) is 2.79. The summed E-state index contributed by atoms with van der Waals surface area (Å²) in [7, 11) is 1.54. The fourth-order valence-electron chi connectivity index (χ4n) is 1.94. The van der Waals surface area contributed by atoms with E-state index in [2.05, 4.69) is 0 Å². The van der Waals surface area contributed by atoms with Crippen LogP contribution in [-0.2, 0) is 9.53 Å². The van der Waals surface area contributed by atoms with Crippen molar-refractivity contribution in [2.75, 3.05) is 13.7 Å². The number of esters is 1. The molecule has 0 saturated carbocycles. The Balaban J connectivity index is 1.95. The Morgan fingerprint density at radius 1 is 1.12 bits per heavy atom. The number of halogens is 2. The topological polar surface area (TPSA) is 52.6 Å². The minimum atomic E-state index is -0.639. The van der Waals surface area contributed by atoms with Crippen LogP contribution in [0.3, 0.4) is 0 Å². The van der Waals surface area contributed by atoms with Gasteiger partial charge in [0, 0.05) is 22.2 Å². The van der Waals surface area contributed by atoms with Crippen molar-refractivity contribution in [1.29, 1.82) is 0 Å². The van der Waals surface area contributed by atoms with Crippen molar-refractivity contribution >= 4 is 41.0 Å². The summed E-state index contributed by atoms with van der Waals surface area (Å²) in [6.45, 7) is -0.406. The molecule has 24 heavy (non-hydrogen) atoms. The Morgan fingerprint density at radius 2 is 1.88 bits per heavy atom. The van der Waals surface area contributed by atoms with E-state index < -0.39 is 18.4 Å². The molecule has 0 spiro atoms. The number of hydrogen-bond donors (Lipinski definition) is 0. The van der Waals surface area contributed by atoms with Gasteiger partial charge in [0.15, 0.2) is 6.61 Å². The van der Waals surface area contributed by atoms with Crippen molar-refractivity contribution in [3.63, 3.8) is 0 Å². The van der Waals surface area contributed by atoms with Crippen molar-refractivity contribution in [3.05, 3.63) is 69.7 Å². The largest absolute Gasteiger partial charge is 0.496 e. The van der Waals surface area contributed by atoms with Crippen LogP contribution in [0.5, 0.6) is 5.75 Å². The van der Waals surface area contributed by atoms with Gasteiger partial charge in [-0.05, 0) is 30.3 Å². The smallest absolute Gasteiger partial charge is 0.331 e. The number of carbonyl (C=O) groups excluding carboxylic acids is 2. The van der Waals surface area contributed by atoms with E-state index in [-0.39, 0.29) is 10.6 Å². The van der Waals surface area contributed by atoms with Gasteiger partial charge >= 0.3 is 5.97 Å². The van der Waals surface area contributed by atoms with Gasteiger partial charge in [-0.15, -0.1) is 0 Å². The quantitative estimate of drug-likeness (QED) is 0.431. The summed E-state index contributed by atoms with van der Waals surface area (Å²) >= 11 is 11.7. The van der Waals surface area contributed by atoms with Gasteiger partial charge in [0.1, 0.15) is 5.75 Å². The second kappa shape index (κ2) is 8.52. The lowest BCUT2D eigenvalue weighted by molar-refractivity contribution is -0.136. The number of benzene rings is 2. The van der Waals surface area contributed by atoms with Gasteiger partial charge in [-0.2, -0.15) is 0 Å². The van der Waals surface area contributed by atoms with E-state index in [1.165, 1.54) is 18.2 Å². The van der Waals surface area contributed by atoms with E-state index >= 15 is 0 Å². The molecule has 0 heterocycles. The number of ether oxygens (including phenoxy) is 2. The third kappa shape index (κ3) is 4.85. The molecule has 0 aliphatic rings. The van der Waals surface area contributed by atoms with Crippen LogP contribution in [0, 0.1) is 0 Å². The lowest BCUT2D eigenvalue weighted by atomic mass is 10.1. The number of hydrogen-bond acceptors (Lipinski definition) is 4. The van der Waals surface area contributed by atoms with Crippen LogP contribution in [0.25, 0.3) is 6.08 Å². The van der Waals surface area contributed by atoms with E-state index in [9.17, 15) is 9.59 Å². The first-order chi connectivity index (χ1) is 11.5. The molecule has 0 aromatic heterocycles. The maximum atomic E-state index is 12.0. The molecular formula is C18H14Cl2O4. The average Bonchev–Trinajstić information content (AvgIpc) is 2.58. The van der Waals surface area contributed by atoms with Gasteiger partial charge in [0.25, 0.3) is 0 Å². The predicted molar refractivity (Wildman–Crippen MR) is 93.8 cm³/mol. The second-order valence-corrected chi connectivity index (χ2v) is 5.57. The van der Waals surface area contributed by atoms with E-state index in [4.69, 9.17) is 32.7 Å². The van der Waals surface area contributed by atoms with E-state index in [1.807, 2.05) is 12.1 Å². The average molecular weight is 365 g/mol. The van der Waals surface area contributed by atoms with Gasteiger partial charge in [-0.25, -0.2) is 4.79 Å². The van der Waals surface area contributed by atoms with Gasteiger partial charge < -0.3 is 9.47 Å². The number of rotatable bonds is 6. The molecule has 0 amide bonds. The minimum absolute atomic E-state index is 0.216. The van der Waals surface area contributed by atoms with Gasteiger partial charge in [0.2, 0.25) is 5.78 Å². The Morgan fingerprint density at radius 3 is 2.58 bits per heavy atom. The number of ketones is 1. The molecule has 0 saturated heterocycles. The zero-order valence-electron chi connectivity index (χ0n) is 12.8. The van der Waals surface area contributed by atoms with Crippen LogP contribution >= 0.6 is 23.2 Å². The number of Topliss-reactive ketones (excluding diaryl/α,β-unsaturated/α-hetero) is 1. The fourth-order valence-corrected chi connectivity index (χ4v) is 2.45. The summed E-state index contributed by atoms with van der Waals surface area (Å²) in [5, 5.41) is 0.640. The van der Waals surface area contributed by atoms with Crippen LogP contribution in [0.15, 0.2) is 48.5 Å². The van der Waals surface area contributed by atoms with Gasteiger partial charge in [-0.3, -0.25) is 4.79 Å². The van der Waals surface area contributed by atoms with Crippen molar-refractivity contribution < 1.29 is 19.1 Å². The Kier molecular flexibility index (Phi) is 6.41. The summed E-state index contributed by atoms with van der Waals surface area (Å²) < 4.78 is 10.1. The Hall–Kier alpha value is -2.30. The van der Waals surface area contributed by atoms with Crippen LogP contribution in [0.1, 0.15) is 15.9 Å². The Bertz CT molecular complexity index is 784. The summed E-state index contributed by atoms with van der Waals surface area (Å²) in [5.41, 5.74) is 0.978. The van der Waals surface area contributed by atoms with Crippen LogP contribution in [0.2, 0.25) is 10.0 Å². The second-order valence-electron chi connectivity index (χ2n) is 4.73. The first-order valence-corrected chi connectivity index (χ1v) is 7.73. The minimum Gasteiger partial charge on any atom is -0.496 e. The first-order valence-electron chi connectivity index (χ1n) is 6.97. The molecule has 2 aromatic rings. The van der Waals surface area contributed by atoms with Crippen molar-refractivity contribution in [2.24, 2.45) is 0 Å². The molecule has 6 heteroatoms. The third-order valence-electron chi connectivity index (χ3n) is 3.11. The highest BCUT2D eigenvalue weighted by molar-refractivity contribution is 6.36. The van der Waals surface area contributed by atoms with E-state index in [0.29, 0.717) is 10.8 Å². The van der Waals surface area contributed by atoms with Gasteiger partial charge in [0.05, 0.1) is 12.1 Å². The van der Waals surface area contributed by atoms with Crippen molar-refractivity contribution in [2.45, 2.75) is 0 Å². The lowest BCUT2D eigenvalue weighted by Crippen LogP contribution is -2.13. The number of carbonyl (C=O) groups is 2. The number of para-hydroxylation sites is 1. The highest BCUT2D eigenvalue weighted by atomic mass is 35.5. The highest BCUT2D eigenvalue weighted by Crippen LogP contribution is 2.21. The maximum Gasteiger partial charge on any atom is 0.331 e. The maximum absolute atomic E-state index is 12.0. The molecule has 0 fully saturated rings. The van der Waals surface area contributed by atoms with E-state index in [0.717, 1.165) is 5.56 Å². The molecular weight excluding hydrogens is 351 g/mol. The number of methoxy groups -OCH3 is 1. The summed E-state index contributed by atoms with van der Waals surface area (Å²) in [5.74, 6) is -0.416. The molecule has 0 atom stereocenters. The van der Waals surface area contributed by atoms with Crippen LogP contribution in [0.4, 0.5) is 0 Å². The molecule has 0 bridgehead atoms. The molecule has 0 unspecified atom stereocenters. The summed E-state index contributed by atoms with van der Waals surface area (Å²) in [6, 6.07) is 11.7. The molecule has 0 N–H and O–H groups in total. The van der Waals surface area contributed by atoms with Crippen molar-refractivity contribution in [3.8, 4) is 5.75 Å². The molecule has 0 aliphatic carbocycles. The standard InChI is InChI=1S/C18H14Cl2O4/c1-23-17-5-3-2-4-12(17)6-9-18(22)24-11-16(21)14-8-7-13(19)10-15(14)20/h2-10H,11H2,1H3/b9-6+.